The number of hydrogen-bond donors (Lipinski definition) is 1. The van der Waals surface area contributed by atoms with Crippen molar-refractivity contribution in [3.63, 3.8) is 0 Å². The molecule has 0 amide bonds. The van der Waals surface area contributed by atoms with E-state index >= 15 is 0 Å². The minimum Gasteiger partial charge on any atom is -0.267 e. The molecule has 0 aliphatic heterocycles. The Bertz CT molecular complexity index is 373. The first-order valence-electron chi connectivity index (χ1n) is 3.38. The van der Waals surface area contributed by atoms with Crippen molar-refractivity contribution in [2.24, 2.45) is 0 Å². The lowest BCUT2D eigenvalue weighted by atomic mass is 10.3. The van der Waals surface area contributed by atoms with Crippen LogP contribution in [0.25, 0.3) is 0 Å². The number of sulfonamides is 1. The van der Waals surface area contributed by atoms with Gasteiger partial charge in [-0.15, -0.1) is 0 Å². The molecule has 0 spiro atoms. The number of nitrogens with one attached hydrogen (secondary N) is 1. The summed E-state index contributed by atoms with van der Waals surface area (Å²) in [6, 6.07) is 3.54. The van der Waals surface area contributed by atoms with Crippen molar-refractivity contribution in [3.05, 3.63) is 23.9 Å². The molecular weight excluding hydrogens is 176 g/mol. The van der Waals surface area contributed by atoms with Gasteiger partial charge in [0.1, 0.15) is 5.82 Å². The van der Waals surface area contributed by atoms with Crippen LogP contribution in [0.4, 0.5) is 5.82 Å². The summed E-state index contributed by atoms with van der Waals surface area (Å²) in [6.45, 7) is 1.79. The Labute approximate surface area is 71.7 Å². The van der Waals surface area contributed by atoms with Crippen LogP contribution in [0.2, 0.25) is 0 Å². The quantitative estimate of drug-likeness (QED) is 0.741. The minimum atomic E-state index is -3.21. The number of pyridine rings is 1. The second kappa shape index (κ2) is 3.10. The third kappa shape index (κ3) is 2.50. The van der Waals surface area contributed by atoms with Crippen molar-refractivity contribution in [1.29, 1.82) is 0 Å². The van der Waals surface area contributed by atoms with Crippen LogP contribution in [0.5, 0.6) is 0 Å². The largest absolute Gasteiger partial charge is 0.267 e. The first kappa shape index (κ1) is 8.99. The number of aromatic nitrogens is 1. The van der Waals surface area contributed by atoms with E-state index < -0.39 is 10.0 Å². The standard InChI is InChI=1S/C7H10N2O2S/c1-6-4-3-5-8-7(6)9-12(2,10)11/h3-5H,1-2H3,(H,8,9). The van der Waals surface area contributed by atoms with E-state index in [0.29, 0.717) is 5.82 Å². The Hall–Kier alpha value is -1.10. The van der Waals surface area contributed by atoms with Crippen LogP contribution in [0.1, 0.15) is 5.56 Å². The molecule has 4 nitrogen and oxygen atoms in total. The van der Waals surface area contributed by atoms with Crippen molar-refractivity contribution < 1.29 is 8.42 Å². The maximum atomic E-state index is 10.8. The highest BCUT2D eigenvalue weighted by Crippen LogP contribution is 2.09. The molecular formula is C7H10N2O2S. The van der Waals surface area contributed by atoms with Crippen LogP contribution in [-0.2, 0) is 10.0 Å². The molecule has 12 heavy (non-hydrogen) atoms. The van der Waals surface area contributed by atoms with E-state index in [1.54, 1.807) is 25.3 Å². The SMILES string of the molecule is Cc1cccnc1NS(C)(=O)=O. The van der Waals surface area contributed by atoms with E-state index in [-0.39, 0.29) is 0 Å². The fourth-order valence-electron chi connectivity index (χ4n) is 0.768. The minimum absolute atomic E-state index is 0.389. The summed E-state index contributed by atoms with van der Waals surface area (Å²) in [7, 11) is -3.21. The predicted molar refractivity (Wildman–Crippen MR) is 47.4 cm³/mol. The third-order valence-electron chi connectivity index (χ3n) is 1.29. The molecule has 0 aliphatic carbocycles. The Morgan fingerprint density at radius 3 is 2.67 bits per heavy atom. The molecule has 0 bridgehead atoms. The molecule has 0 radical (unpaired) electrons. The van der Waals surface area contributed by atoms with Gasteiger partial charge in [0.05, 0.1) is 6.26 Å². The summed E-state index contributed by atoms with van der Waals surface area (Å²) in [5.41, 5.74) is 0.808. The van der Waals surface area contributed by atoms with Crippen LogP contribution < -0.4 is 4.72 Å². The molecule has 0 saturated heterocycles. The smallest absolute Gasteiger partial charge is 0.230 e. The van der Waals surface area contributed by atoms with Gasteiger partial charge in [0.15, 0.2) is 0 Å². The van der Waals surface area contributed by atoms with Gasteiger partial charge in [-0.05, 0) is 18.6 Å². The molecule has 5 heteroatoms. The molecule has 0 aromatic carbocycles. The van der Waals surface area contributed by atoms with E-state index in [0.717, 1.165) is 11.8 Å². The molecule has 1 aromatic rings. The molecule has 0 fully saturated rings. The van der Waals surface area contributed by atoms with Crippen LogP contribution >= 0.6 is 0 Å². The fourth-order valence-corrected chi connectivity index (χ4v) is 1.33. The summed E-state index contributed by atoms with van der Waals surface area (Å²) < 4.78 is 23.9. The van der Waals surface area contributed by atoms with Crippen molar-refractivity contribution >= 4 is 15.8 Å². The zero-order valence-corrected chi connectivity index (χ0v) is 7.72. The van der Waals surface area contributed by atoms with Gasteiger partial charge >= 0.3 is 0 Å². The average Bonchev–Trinajstić information content (AvgIpc) is 1.91. The van der Waals surface area contributed by atoms with Crippen LogP contribution in [0.15, 0.2) is 18.3 Å². The molecule has 0 atom stereocenters. The Morgan fingerprint density at radius 1 is 1.50 bits per heavy atom. The third-order valence-corrected chi connectivity index (χ3v) is 1.86. The van der Waals surface area contributed by atoms with Crippen LogP contribution in [0, 0.1) is 6.92 Å². The molecule has 1 N–H and O–H groups in total. The highest BCUT2D eigenvalue weighted by Gasteiger charge is 2.03. The zero-order chi connectivity index (χ0) is 9.19. The summed E-state index contributed by atoms with van der Waals surface area (Å²) in [5.74, 6) is 0.389. The van der Waals surface area contributed by atoms with Gasteiger partial charge in [0.25, 0.3) is 0 Å². The molecule has 1 aromatic heterocycles. The molecule has 0 aliphatic rings. The molecule has 0 saturated carbocycles. The van der Waals surface area contributed by atoms with Gasteiger partial charge in [-0.1, -0.05) is 6.07 Å². The normalized spacial score (nSPS) is 11.2. The lowest BCUT2D eigenvalue weighted by molar-refractivity contribution is 0.606. The number of rotatable bonds is 2. The van der Waals surface area contributed by atoms with Crippen LogP contribution in [0.3, 0.4) is 0 Å². The molecule has 66 valence electrons. The van der Waals surface area contributed by atoms with E-state index in [9.17, 15) is 8.42 Å². The second-order valence-electron chi connectivity index (χ2n) is 2.54. The highest BCUT2D eigenvalue weighted by molar-refractivity contribution is 7.92. The van der Waals surface area contributed by atoms with E-state index in [1.807, 2.05) is 0 Å². The first-order valence-corrected chi connectivity index (χ1v) is 5.27. The van der Waals surface area contributed by atoms with Crippen molar-refractivity contribution in [1.82, 2.24) is 4.98 Å². The highest BCUT2D eigenvalue weighted by atomic mass is 32.2. The second-order valence-corrected chi connectivity index (χ2v) is 4.29. The van der Waals surface area contributed by atoms with Crippen molar-refractivity contribution in [2.45, 2.75) is 6.92 Å². The lowest BCUT2D eigenvalue weighted by Crippen LogP contribution is -2.11. The monoisotopic (exact) mass is 186 g/mol. The fraction of sp³-hybridized carbons (Fsp3) is 0.286. The lowest BCUT2D eigenvalue weighted by Gasteiger charge is -2.04. The molecule has 1 heterocycles. The number of hydrogen-bond acceptors (Lipinski definition) is 3. The number of anilines is 1. The summed E-state index contributed by atoms with van der Waals surface area (Å²) in [6.07, 6.45) is 2.64. The van der Waals surface area contributed by atoms with Gasteiger partial charge < -0.3 is 0 Å². The Morgan fingerprint density at radius 2 is 2.17 bits per heavy atom. The Kier molecular flexibility index (Phi) is 2.32. The van der Waals surface area contributed by atoms with Crippen molar-refractivity contribution in [3.8, 4) is 0 Å². The number of aryl methyl sites for hydroxylation is 1. The van der Waals surface area contributed by atoms with Gasteiger partial charge in [-0.25, -0.2) is 13.4 Å². The maximum absolute atomic E-state index is 10.8. The average molecular weight is 186 g/mol. The summed E-state index contributed by atoms with van der Waals surface area (Å²) in [5, 5.41) is 0. The summed E-state index contributed by atoms with van der Waals surface area (Å²) in [4.78, 5) is 3.87. The van der Waals surface area contributed by atoms with Crippen LogP contribution in [-0.4, -0.2) is 19.7 Å². The topological polar surface area (TPSA) is 59.1 Å². The Balaban J connectivity index is 2.98. The van der Waals surface area contributed by atoms with Crippen molar-refractivity contribution in [2.75, 3.05) is 11.0 Å². The van der Waals surface area contributed by atoms with E-state index in [2.05, 4.69) is 9.71 Å². The van der Waals surface area contributed by atoms with Gasteiger partial charge in [0.2, 0.25) is 10.0 Å². The maximum Gasteiger partial charge on any atom is 0.230 e. The first-order chi connectivity index (χ1) is 5.49. The number of nitrogens with zero attached hydrogens (tertiary/aromatic N) is 1. The van der Waals surface area contributed by atoms with Gasteiger partial charge in [0, 0.05) is 6.20 Å². The van der Waals surface area contributed by atoms with E-state index in [1.165, 1.54) is 0 Å². The summed E-state index contributed by atoms with van der Waals surface area (Å²) >= 11 is 0. The molecule has 1 rings (SSSR count). The van der Waals surface area contributed by atoms with Gasteiger partial charge in [-0.2, -0.15) is 0 Å². The van der Waals surface area contributed by atoms with Gasteiger partial charge in [-0.3, -0.25) is 4.72 Å². The predicted octanol–water partition coefficient (Wildman–Crippen LogP) is 0.762. The van der Waals surface area contributed by atoms with E-state index in [4.69, 9.17) is 0 Å². The molecule has 0 unspecified atom stereocenters. The zero-order valence-electron chi connectivity index (χ0n) is 6.90.